The molecular formula is C25H21ClN6O2S. The third-order valence-electron chi connectivity index (χ3n) is 5.74. The molecule has 1 aliphatic heterocycles. The van der Waals surface area contributed by atoms with Crippen molar-refractivity contribution in [3.05, 3.63) is 80.5 Å². The summed E-state index contributed by atoms with van der Waals surface area (Å²) in [5.41, 5.74) is 4.60. The van der Waals surface area contributed by atoms with E-state index in [9.17, 15) is 4.79 Å². The molecular weight excluding hydrogens is 484 g/mol. The number of thiophene rings is 1. The highest BCUT2D eigenvalue weighted by atomic mass is 35.5. The Morgan fingerprint density at radius 1 is 1.20 bits per heavy atom. The Balaban J connectivity index is 1.61. The van der Waals surface area contributed by atoms with Gasteiger partial charge in [-0.1, -0.05) is 35.6 Å². The molecule has 0 saturated heterocycles. The van der Waals surface area contributed by atoms with Crippen LogP contribution in [0.25, 0.3) is 5.00 Å². The zero-order chi connectivity index (χ0) is 24.7. The monoisotopic (exact) mass is 504 g/mol. The van der Waals surface area contributed by atoms with Crippen molar-refractivity contribution in [2.75, 3.05) is 0 Å². The number of aromatic nitrogens is 5. The van der Waals surface area contributed by atoms with Crippen molar-refractivity contribution in [1.29, 1.82) is 0 Å². The minimum atomic E-state index is -0.861. The minimum absolute atomic E-state index is 0.0111. The standard InChI is InChI=1S/C25H21ClN6O2S/c1-14-20(9-4-17-12-27-31(13-17)11-10-21(33)34)35-25-22(14)23(18-5-7-19(26)8-6-18)28-15(2)24-30-29-16(3)32(24)25/h5-8,12-13,15H,10-11H2,1-3H3,(H,33,34)/t15-/m0/s1. The average molecular weight is 505 g/mol. The largest absolute Gasteiger partial charge is 0.481 e. The van der Waals surface area contributed by atoms with Crippen molar-refractivity contribution >= 4 is 34.6 Å². The maximum atomic E-state index is 10.8. The Bertz CT molecular complexity index is 1530. The number of carboxylic acids is 1. The molecule has 0 amide bonds. The van der Waals surface area contributed by atoms with Crippen LogP contribution in [-0.2, 0) is 11.3 Å². The van der Waals surface area contributed by atoms with E-state index in [1.165, 1.54) is 0 Å². The van der Waals surface area contributed by atoms with Crippen LogP contribution in [0.2, 0.25) is 5.02 Å². The fourth-order valence-electron chi connectivity index (χ4n) is 3.99. The smallest absolute Gasteiger partial charge is 0.305 e. The van der Waals surface area contributed by atoms with E-state index in [1.54, 1.807) is 28.4 Å². The normalized spacial score (nSPS) is 14.4. The first-order valence-electron chi connectivity index (χ1n) is 11.0. The Morgan fingerprint density at radius 3 is 2.71 bits per heavy atom. The van der Waals surface area contributed by atoms with E-state index in [0.29, 0.717) is 11.6 Å². The number of fused-ring (bicyclic) bond motifs is 3. The summed E-state index contributed by atoms with van der Waals surface area (Å²) in [6.07, 6.45) is 3.42. The maximum absolute atomic E-state index is 10.8. The van der Waals surface area contributed by atoms with Gasteiger partial charge in [-0.15, -0.1) is 21.5 Å². The predicted molar refractivity (Wildman–Crippen MR) is 135 cm³/mol. The van der Waals surface area contributed by atoms with E-state index in [4.69, 9.17) is 21.7 Å². The van der Waals surface area contributed by atoms with Crippen LogP contribution in [0.15, 0.2) is 41.7 Å². The van der Waals surface area contributed by atoms with E-state index >= 15 is 0 Å². The molecule has 10 heteroatoms. The van der Waals surface area contributed by atoms with Gasteiger partial charge < -0.3 is 5.11 Å². The Labute approximate surface area is 210 Å². The highest BCUT2D eigenvalue weighted by Crippen LogP contribution is 2.38. The van der Waals surface area contributed by atoms with Gasteiger partial charge in [0.05, 0.1) is 35.3 Å². The lowest BCUT2D eigenvalue weighted by atomic mass is 9.99. The maximum Gasteiger partial charge on any atom is 0.305 e. The molecule has 3 aromatic heterocycles. The molecule has 5 rings (SSSR count). The van der Waals surface area contributed by atoms with E-state index in [0.717, 1.165) is 49.5 Å². The van der Waals surface area contributed by atoms with Crippen molar-refractivity contribution in [1.82, 2.24) is 24.5 Å². The van der Waals surface area contributed by atoms with Gasteiger partial charge in [0.2, 0.25) is 0 Å². The summed E-state index contributed by atoms with van der Waals surface area (Å²) in [6.45, 7) is 6.31. The van der Waals surface area contributed by atoms with E-state index < -0.39 is 5.97 Å². The summed E-state index contributed by atoms with van der Waals surface area (Å²) in [5.74, 6) is 7.18. The van der Waals surface area contributed by atoms with E-state index in [1.807, 2.05) is 38.1 Å². The summed E-state index contributed by atoms with van der Waals surface area (Å²) in [6, 6.07) is 7.51. The third kappa shape index (κ3) is 4.38. The van der Waals surface area contributed by atoms with Gasteiger partial charge in [0.25, 0.3) is 0 Å². The molecule has 176 valence electrons. The van der Waals surface area contributed by atoms with Gasteiger partial charge in [-0.25, -0.2) is 0 Å². The highest BCUT2D eigenvalue weighted by Gasteiger charge is 2.29. The molecule has 4 aromatic rings. The highest BCUT2D eigenvalue weighted by molar-refractivity contribution is 7.15. The number of nitrogens with zero attached hydrogens (tertiary/aromatic N) is 6. The Morgan fingerprint density at radius 2 is 1.97 bits per heavy atom. The summed E-state index contributed by atoms with van der Waals surface area (Å²) < 4.78 is 3.66. The van der Waals surface area contributed by atoms with Gasteiger partial charge in [-0.2, -0.15) is 5.10 Å². The molecule has 8 nitrogen and oxygen atoms in total. The van der Waals surface area contributed by atoms with Crippen LogP contribution in [0.5, 0.6) is 0 Å². The fourth-order valence-corrected chi connectivity index (χ4v) is 5.33. The molecule has 0 aliphatic carbocycles. The zero-order valence-electron chi connectivity index (χ0n) is 19.3. The number of hydrogen-bond acceptors (Lipinski definition) is 6. The number of carbonyl (C=O) groups is 1. The van der Waals surface area contributed by atoms with Gasteiger partial charge in [0.1, 0.15) is 16.9 Å². The second kappa shape index (κ2) is 9.13. The van der Waals surface area contributed by atoms with Crippen LogP contribution in [0.4, 0.5) is 0 Å². The lowest BCUT2D eigenvalue weighted by Crippen LogP contribution is -2.07. The number of aliphatic imine (C=N–C) groups is 1. The number of aliphatic carboxylic acids is 1. The first-order chi connectivity index (χ1) is 16.8. The number of aryl methyl sites for hydroxylation is 2. The van der Waals surface area contributed by atoms with Gasteiger partial charge in [0.15, 0.2) is 5.82 Å². The van der Waals surface area contributed by atoms with Crippen molar-refractivity contribution < 1.29 is 9.90 Å². The molecule has 0 saturated carbocycles. The van der Waals surface area contributed by atoms with Crippen molar-refractivity contribution in [3.8, 4) is 16.8 Å². The van der Waals surface area contributed by atoms with Gasteiger partial charge in [-0.3, -0.25) is 19.0 Å². The van der Waals surface area contributed by atoms with Crippen LogP contribution in [0.3, 0.4) is 0 Å². The molecule has 35 heavy (non-hydrogen) atoms. The third-order valence-corrected chi connectivity index (χ3v) is 7.18. The summed E-state index contributed by atoms with van der Waals surface area (Å²) in [5, 5.41) is 23.5. The van der Waals surface area contributed by atoms with Crippen molar-refractivity contribution in [2.24, 2.45) is 4.99 Å². The second-order valence-corrected chi connectivity index (χ2v) is 9.66. The summed E-state index contributed by atoms with van der Waals surface area (Å²) in [4.78, 5) is 16.8. The van der Waals surface area contributed by atoms with Crippen molar-refractivity contribution in [3.63, 3.8) is 0 Å². The topological polar surface area (TPSA) is 98.2 Å². The molecule has 0 radical (unpaired) electrons. The number of benzene rings is 1. The van der Waals surface area contributed by atoms with Gasteiger partial charge in [-0.05, 0) is 38.5 Å². The lowest BCUT2D eigenvalue weighted by molar-refractivity contribution is -0.137. The molecule has 0 bridgehead atoms. The molecule has 4 heterocycles. The van der Waals surface area contributed by atoms with Crippen LogP contribution >= 0.6 is 22.9 Å². The molecule has 1 atom stereocenters. The second-order valence-electron chi connectivity index (χ2n) is 8.22. The van der Waals surface area contributed by atoms with Gasteiger partial charge in [0, 0.05) is 22.3 Å². The van der Waals surface area contributed by atoms with E-state index in [-0.39, 0.29) is 12.5 Å². The summed E-state index contributed by atoms with van der Waals surface area (Å²) in [7, 11) is 0. The molecule has 1 aromatic carbocycles. The zero-order valence-corrected chi connectivity index (χ0v) is 20.9. The SMILES string of the molecule is Cc1c(C#Cc2cnn(CCC(=O)O)c2)sc2c1C(c1ccc(Cl)cc1)=N[C@@H](C)c1nnc(C)n1-2. The molecule has 0 spiro atoms. The molecule has 0 unspecified atom stereocenters. The molecule has 1 N–H and O–H groups in total. The van der Waals surface area contributed by atoms with Crippen LogP contribution in [0, 0.1) is 25.7 Å². The molecule has 1 aliphatic rings. The predicted octanol–water partition coefficient (Wildman–Crippen LogP) is 4.58. The average Bonchev–Trinajstić information content (AvgIpc) is 3.50. The quantitative estimate of drug-likeness (QED) is 0.410. The number of rotatable bonds is 4. The van der Waals surface area contributed by atoms with Crippen molar-refractivity contribution in [2.45, 2.75) is 39.8 Å². The number of halogens is 1. The van der Waals surface area contributed by atoms with Gasteiger partial charge >= 0.3 is 5.97 Å². The van der Waals surface area contributed by atoms with E-state index in [2.05, 4.69) is 38.6 Å². The first kappa shape index (κ1) is 23.0. The molecule has 0 fully saturated rings. The Kier molecular flexibility index (Phi) is 6.01. The lowest BCUT2D eigenvalue weighted by Gasteiger charge is -2.09. The first-order valence-corrected chi connectivity index (χ1v) is 12.2. The number of carboxylic acid groups (broad SMARTS) is 1. The van der Waals surface area contributed by atoms with Crippen LogP contribution in [-0.4, -0.2) is 41.3 Å². The fraction of sp³-hybridized carbons (Fsp3) is 0.240. The number of hydrogen-bond donors (Lipinski definition) is 1. The van der Waals surface area contributed by atoms with Crippen LogP contribution < -0.4 is 0 Å². The Hall–Kier alpha value is -3.74. The summed E-state index contributed by atoms with van der Waals surface area (Å²) >= 11 is 7.72. The minimum Gasteiger partial charge on any atom is -0.481 e. The van der Waals surface area contributed by atoms with Crippen LogP contribution in [0.1, 0.15) is 58.2 Å².